The Kier molecular flexibility index (Phi) is 5.55. The maximum atomic E-state index is 13.4. The van der Waals surface area contributed by atoms with Gasteiger partial charge in [-0.05, 0) is 30.3 Å². The average Bonchev–Trinajstić information content (AvgIpc) is 2.90. The summed E-state index contributed by atoms with van der Waals surface area (Å²) in [6.45, 7) is 0.911. The van der Waals surface area contributed by atoms with Crippen LogP contribution in [-0.2, 0) is 4.74 Å². The third kappa shape index (κ3) is 4.28. The molecule has 29 heavy (non-hydrogen) atoms. The van der Waals surface area contributed by atoms with Gasteiger partial charge in [-0.2, -0.15) is 4.98 Å². The summed E-state index contributed by atoms with van der Waals surface area (Å²) in [6.07, 6.45) is 3.01. The fraction of sp³-hybridized carbons (Fsp3) is 0.150. The van der Waals surface area contributed by atoms with E-state index >= 15 is 0 Å². The van der Waals surface area contributed by atoms with E-state index in [4.69, 9.17) is 25.8 Å². The predicted octanol–water partition coefficient (Wildman–Crippen LogP) is 4.89. The normalized spacial score (nSPS) is 11.8. The molecule has 1 aliphatic heterocycles. The molecule has 2 heterocycles. The first-order chi connectivity index (χ1) is 14.1. The summed E-state index contributed by atoms with van der Waals surface area (Å²) in [6, 6.07) is 9.71. The van der Waals surface area contributed by atoms with Gasteiger partial charge in [0.05, 0.1) is 11.6 Å². The van der Waals surface area contributed by atoms with E-state index < -0.39 is 5.82 Å². The SMILES string of the molecule is COCCOc1ccc2c(c1)Oc1ncnc(Nc3ccc(F)c(Cl)c3)c1N=C2. The first-order valence-corrected chi connectivity index (χ1v) is 9.06. The molecule has 0 fully saturated rings. The molecule has 3 aromatic rings. The van der Waals surface area contributed by atoms with Crippen molar-refractivity contribution in [1.82, 2.24) is 9.97 Å². The Morgan fingerprint density at radius 3 is 2.86 bits per heavy atom. The fourth-order valence-electron chi connectivity index (χ4n) is 2.64. The Morgan fingerprint density at radius 2 is 2.03 bits per heavy atom. The number of nitrogens with one attached hydrogen (secondary N) is 1. The van der Waals surface area contributed by atoms with Gasteiger partial charge in [-0.25, -0.2) is 14.4 Å². The molecule has 0 radical (unpaired) electrons. The molecule has 0 amide bonds. The molecule has 1 aromatic heterocycles. The second kappa shape index (κ2) is 8.42. The third-order valence-corrected chi connectivity index (χ3v) is 4.34. The molecular formula is C20H16ClFN4O3. The summed E-state index contributed by atoms with van der Waals surface area (Å²) >= 11 is 5.85. The maximum absolute atomic E-state index is 13.4. The van der Waals surface area contributed by atoms with Gasteiger partial charge in [0.25, 0.3) is 5.88 Å². The zero-order valence-corrected chi connectivity index (χ0v) is 16.1. The molecule has 2 aromatic carbocycles. The summed E-state index contributed by atoms with van der Waals surface area (Å²) in [5, 5.41) is 3.07. The van der Waals surface area contributed by atoms with Crippen molar-refractivity contribution in [3.8, 4) is 17.4 Å². The van der Waals surface area contributed by atoms with Crippen LogP contribution in [0.15, 0.2) is 47.7 Å². The summed E-state index contributed by atoms with van der Waals surface area (Å²) in [5.41, 5.74) is 1.73. The highest BCUT2D eigenvalue weighted by atomic mass is 35.5. The van der Waals surface area contributed by atoms with Crippen molar-refractivity contribution in [2.24, 2.45) is 4.99 Å². The number of aromatic nitrogens is 2. The van der Waals surface area contributed by atoms with E-state index in [1.54, 1.807) is 25.5 Å². The number of hydrogen-bond acceptors (Lipinski definition) is 7. The molecule has 0 aliphatic carbocycles. The molecule has 0 bridgehead atoms. The minimum Gasteiger partial charge on any atom is -0.491 e. The molecule has 148 valence electrons. The van der Waals surface area contributed by atoms with Crippen molar-refractivity contribution < 1.29 is 18.6 Å². The van der Waals surface area contributed by atoms with Crippen LogP contribution < -0.4 is 14.8 Å². The minimum atomic E-state index is -0.501. The molecule has 0 atom stereocenters. The standard InChI is InChI=1S/C20H16ClFN4O3/c1-27-6-7-28-14-4-2-12-10-23-18-19(24-11-25-20(18)29-17(12)9-14)26-13-3-5-16(22)15(21)8-13/h2-5,8-11H,6-7H2,1H3,(H,24,25,26). The lowest BCUT2D eigenvalue weighted by Crippen LogP contribution is -2.04. The lowest BCUT2D eigenvalue weighted by molar-refractivity contribution is 0.146. The molecule has 7 nitrogen and oxygen atoms in total. The largest absolute Gasteiger partial charge is 0.491 e. The molecule has 1 N–H and O–H groups in total. The highest BCUT2D eigenvalue weighted by molar-refractivity contribution is 6.31. The summed E-state index contributed by atoms with van der Waals surface area (Å²) in [5.74, 6) is 1.38. The van der Waals surface area contributed by atoms with E-state index in [1.807, 2.05) is 12.1 Å². The highest BCUT2D eigenvalue weighted by Crippen LogP contribution is 2.40. The lowest BCUT2D eigenvalue weighted by Gasteiger charge is -2.12. The van der Waals surface area contributed by atoms with E-state index in [0.29, 0.717) is 41.9 Å². The van der Waals surface area contributed by atoms with Crippen molar-refractivity contribution in [1.29, 1.82) is 0 Å². The number of rotatable bonds is 6. The van der Waals surface area contributed by atoms with Crippen LogP contribution in [0.3, 0.4) is 0 Å². The zero-order valence-electron chi connectivity index (χ0n) is 15.4. The number of fused-ring (bicyclic) bond motifs is 2. The molecule has 4 rings (SSSR count). The molecule has 0 saturated heterocycles. The minimum absolute atomic E-state index is 0.00306. The monoisotopic (exact) mass is 414 g/mol. The van der Waals surface area contributed by atoms with E-state index in [2.05, 4.69) is 20.3 Å². The van der Waals surface area contributed by atoms with Crippen LogP contribution in [0.1, 0.15) is 5.56 Å². The van der Waals surface area contributed by atoms with Crippen LogP contribution in [0.25, 0.3) is 0 Å². The van der Waals surface area contributed by atoms with Gasteiger partial charge in [-0.1, -0.05) is 11.6 Å². The van der Waals surface area contributed by atoms with Gasteiger partial charge in [0.15, 0.2) is 11.5 Å². The molecule has 0 saturated carbocycles. The van der Waals surface area contributed by atoms with Crippen LogP contribution >= 0.6 is 11.6 Å². The molecule has 0 spiro atoms. The summed E-state index contributed by atoms with van der Waals surface area (Å²) in [4.78, 5) is 12.9. The third-order valence-electron chi connectivity index (χ3n) is 4.05. The Balaban J connectivity index is 1.62. The topological polar surface area (TPSA) is 77.9 Å². The quantitative estimate of drug-likeness (QED) is 0.452. The second-order valence-corrected chi connectivity index (χ2v) is 6.44. The van der Waals surface area contributed by atoms with Crippen LogP contribution in [0.5, 0.6) is 17.4 Å². The number of benzene rings is 2. The number of ether oxygens (including phenoxy) is 3. The first kappa shape index (κ1) is 19.1. The Morgan fingerprint density at radius 1 is 1.14 bits per heavy atom. The molecule has 1 aliphatic rings. The second-order valence-electron chi connectivity index (χ2n) is 6.03. The van der Waals surface area contributed by atoms with Crippen LogP contribution in [-0.4, -0.2) is 36.5 Å². The van der Waals surface area contributed by atoms with Gasteiger partial charge in [0.1, 0.15) is 30.3 Å². The van der Waals surface area contributed by atoms with Crippen LogP contribution in [0.2, 0.25) is 5.02 Å². The Bertz CT molecular complexity index is 1080. The van der Waals surface area contributed by atoms with Crippen LogP contribution in [0, 0.1) is 5.82 Å². The van der Waals surface area contributed by atoms with E-state index in [1.165, 1.54) is 18.5 Å². The predicted molar refractivity (Wildman–Crippen MR) is 108 cm³/mol. The fourth-order valence-corrected chi connectivity index (χ4v) is 2.82. The van der Waals surface area contributed by atoms with Gasteiger partial charge in [0, 0.05) is 30.6 Å². The van der Waals surface area contributed by atoms with E-state index in [9.17, 15) is 4.39 Å². The van der Waals surface area contributed by atoms with E-state index in [-0.39, 0.29) is 10.9 Å². The Hall–Kier alpha value is -3.23. The van der Waals surface area contributed by atoms with Crippen molar-refractivity contribution in [2.45, 2.75) is 0 Å². The van der Waals surface area contributed by atoms with Crippen molar-refractivity contribution >= 4 is 35.0 Å². The molecule has 0 unspecified atom stereocenters. The first-order valence-electron chi connectivity index (χ1n) is 8.69. The van der Waals surface area contributed by atoms with Crippen molar-refractivity contribution in [3.63, 3.8) is 0 Å². The summed E-state index contributed by atoms with van der Waals surface area (Å²) in [7, 11) is 1.61. The number of nitrogens with zero attached hydrogens (tertiary/aromatic N) is 3. The number of aliphatic imine (C=N–C) groups is 1. The molecular weight excluding hydrogens is 399 g/mol. The maximum Gasteiger partial charge on any atom is 0.250 e. The number of methoxy groups -OCH3 is 1. The molecule has 9 heteroatoms. The lowest BCUT2D eigenvalue weighted by atomic mass is 10.2. The highest BCUT2D eigenvalue weighted by Gasteiger charge is 2.18. The van der Waals surface area contributed by atoms with Gasteiger partial charge in [0.2, 0.25) is 0 Å². The summed E-state index contributed by atoms with van der Waals surface area (Å²) < 4.78 is 30.0. The van der Waals surface area contributed by atoms with E-state index in [0.717, 1.165) is 5.56 Å². The van der Waals surface area contributed by atoms with Gasteiger partial charge >= 0.3 is 0 Å². The average molecular weight is 415 g/mol. The van der Waals surface area contributed by atoms with Gasteiger partial charge < -0.3 is 19.5 Å². The van der Waals surface area contributed by atoms with Gasteiger partial charge in [-0.15, -0.1) is 0 Å². The Labute approximate surface area is 171 Å². The number of halogens is 2. The van der Waals surface area contributed by atoms with Crippen molar-refractivity contribution in [3.05, 3.63) is 59.1 Å². The van der Waals surface area contributed by atoms with Gasteiger partial charge in [-0.3, -0.25) is 0 Å². The van der Waals surface area contributed by atoms with Crippen LogP contribution in [0.4, 0.5) is 21.6 Å². The zero-order chi connectivity index (χ0) is 20.2. The number of anilines is 2. The van der Waals surface area contributed by atoms with Crippen molar-refractivity contribution in [2.75, 3.05) is 25.6 Å². The number of hydrogen-bond donors (Lipinski definition) is 1. The smallest absolute Gasteiger partial charge is 0.250 e.